The zero-order valence-corrected chi connectivity index (χ0v) is 18.1. The predicted molar refractivity (Wildman–Crippen MR) is 126 cm³/mol. The second-order valence-corrected chi connectivity index (χ2v) is 7.33. The van der Waals surface area contributed by atoms with Gasteiger partial charge in [0.15, 0.2) is 5.43 Å². The highest BCUT2D eigenvalue weighted by Gasteiger charge is 2.22. The van der Waals surface area contributed by atoms with Crippen molar-refractivity contribution in [1.82, 2.24) is 4.57 Å². The number of nitrogens with zero attached hydrogens (tertiary/aromatic N) is 2. The molecule has 6 nitrogen and oxygen atoms in total. The quantitative estimate of drug-likeness (QED) is 0.338. The summed E-state index contributed by atoms with van der Waals surface area (Å²) in [6.45, 7) is 4.26. The Morgan fingerprint density at radius 1 is 0.844 bits per heavy atom. The highest BCUT2D eigenvalue weighted by atomic mass is 16.5. The average Bonchev–Trinajstić information content (AvgIpc) is 2.82. The number of likely N-dealkylation sites (N-methyl/N-ethyl adjacent to an activating group) is 1. The largest absolute Gasteiger partial charge is 0.462 e. The highest BCUT2D eigenvalue weighted by Crippen LogP contribution is 2.24. The molecule has 1 amide bonds. The van der Waals surface area contributed by atoms with Crippen LogP contribution in [0.3, 0.4) is 0 Å². The maximum atomic E-state index is 13.5. The van der Waals surface area contributed by atoms with Gasteiger partial charge in [0, 0.05) is 17.3 Å². The van der Waals surface area contributed by atoms with E-state index in [1.165, 1.54) is 0 Å². The fourth-order valence-electron chi connectivity index (χ4n) is 4.04. The summed E-state index contributed by atoms with van der Waals surface area (Å²) in [5.41, 5.74) is 2.19. The molecule has 0 aliphatic heterocycles. The summed E-state index contributed by atoms with van der Waals surface area (Å²) in [7, 11) is 0. The molecule has 0 bridgehead atoms. The number of benzene rings is 3. The maximum Gasteiger partial charge on any atom is 0.340 e. The summed E-state index contributed by atoms with van der Waals surface area (Å²) < 4.78 is 7.04. The Labute approximate surface area is 185 Å². The number of esters is 1. The van der Waals surface area contributed by atoms with E-state index >= 15 is 0 Å². The second-order valence-electron chi connectivity index (χ2n) is 7.33. The third-order valence-electron chi connectivity index (χ3n) is 5.48. The molecule has 1 heterocycles. The van der Waals surface area contributed by atoms with Gasteiger partial charge in [-0.25, -0.2) is 4.79 Å². The molecule has 1 aromatic heterocycles. The summed E-state index contributed by atoms with van der Waals surface area (Å²) in [6.07, 6.45) is 0. The van der Waals surface area contributed by atoms with Crippen LogP contribution in [0.25, 0.3) is 21.8 Å². The number of rotatable bonds is 6. The molecule has 0 N–H and O–H groups in total. The number of pyridine rings is 1. The van der Waals surface area contributed by atoms with Gasteiger partial charge in [-0.2, -0.15) is 0 Å². The number of hydrogen-bond acceptors (Lipinski definition) is 4. The minimum atomic E-state index is -0.464. The summed E-state index contributed by atoms with van der Waals surface area (Å²) in [4.78, 5) is 40.5. The molecule has 4 aromatic rings. The molecule has 0 unspecified atom stereocenters. The normalized spacial score (nSPS) is 10.9. The Bertz CT molecular complexity index is 1310. The first-order chi connectivity index (χ1) is 15.6. The van der Waals surface area contributed by atoms with Gasteiger partial charge in [-0.1, -0.05) is 36.4 Å². The van der Waals surface area contributed by atoms with Crippen molar-refractivity contribution >= 4 is 39.4 Å². The van der Waals surface area contributed by atoms with E-state index in [-0.39, 0.29) is 24.5 Å². The smallest absolute Gasteiger partial charge is 0.340 e. The van der Waals surface area contributed by atoms with E-state index in [2.05, 4.69) is 0 Å². The van der Waals surface area contributed by atoms with E-state index in [1.54, 1.807) is 48.2 Å². The summed E-state index contributed by atoms with van der Waals surface area (Å²) >= 11 is 0. The summed E-state index contributed by atoms with van der Waals surface area (Å²) in [5.74, 6) is -0.656. The highest BCUT2D eigenvalue weighted by molar-refractivity contribution is 6.03. The van der Waals surface area contributed by atoms with Crippen LogP contribution in [0.4, 0.5) is 5.69 Å². The summed E-state index contributed by atoms with van der Waals surface area (Å²) in [6, 6.07) is 21.5. The molecular formula is C26H24N2O4. The minimum absolute atomic E-state index is 0.0201. The Morgan fingerprint density at radius 3 is 2.00 bits per heavy atom. The Hall–Kier alpha value is -3.93. The number of anilines is 1. The Kier molecular flexibility index (Phi) is 6.03. The van der Waals surface area contributed by atoms with Crippen molar-refractivity contribution in [3.8, 4) is 0 Å². The van der Waals surface area contributed by atoms with Gasteiger partial charge in [-0.3, -0.25) is 9.59 Å². The maximum absolute atomic E-state index is 13.5. The van der Waals surface area contributed by atoms with Gasteiger partial charge >= 0.3 is 5.97 Å². The molecule has 0 saturated heterocycles. The first-order valence-electron chi connectivity index (χ1n) is 10.6. The number of fused-ring (bicyclic) bond motifs is 2. The fourth-order valence-corrected chi connectivity index (χ4v) is 4.04. The van der Waals surface area contributed by atoms with Gasteiger partial charge < -0.3 is 14.2 Å². The molecule has 6 heteroatoms. The molecule has 0 saturated carbocycles. The van der Waals surface area contributed by atoms with Crippen LogP contribution < -0.4 is 10.3 Å². The van der Waals surface area contributed by atoms with Crippen LogP contribution >= 0.6 is 0 Å². The SMILES string of the molecule is CCOC(=O)c1ccccc1N(CC)C(=O)Cn1c2ccccc2c(=O)c2ccccc21. The van der Waals surface area contributed by atoms with Crippen molar-refractivity contribution in [2.75, 3.05) is 18.1 Å². The lowest BCUT2D eigenvalue weighted by Gasteiger charge is -2.25. The zero-order valence-electron chi connectivity index (χ0n) is 18.1. The van der Waals surface area contributed by atoms with E-state index in [0.717, 1.165) is 0 Å². The molecule has 0 radical (unpaired) electrons. The van der Waals surface area contributed by atoms with Crippen LogP contribution in [0, 0.1) is 0 Å². The first-order valence-corrected chi connectivity index (χ1v) is 10.6. The third kappa shape index (κ3) is 3.75. The van der Waals surface area contributed by atoms with Crippen LogP contribution in [-0.4, -0.2) is 29.6 Å². The molecule has 4 rings (SSSR count). The third-order valence-corrected chi connectivity index (χ3v) is 5.48. The van der Waals surface area contributed by atoms with Gasteiger partial charge in [-0.15, -0.1) is 0 Å². The number of hydrogen-bond donors (Lipinski definition) is 0. The lowest BCUT2D eigenvalue weighted by Crippen LogP contribution is -2.35. The van der Waals surface area contributed by atoms with Crippen LogP contribution in [0.5, 0.6) is 0 Å². The lowest BCUT2D eigenvalue weighted by atomic mass is 10.1. The van der Waals surface area contributed by atoms with E-state index < -0.39 is 5.97 Å². The first kappa shape index (κ1) is 21.3. The standard InChI is InChI=1S/C26H24N2O4/c1-3-27(23-16-10-7-13-20(23)26(31)32-4-2)24(29)17-28-21-14-8-5-11-18(21)25(30)19-12-6-9-15-22(19)28/h5-16H,3-4,17H2,1-2H3. The van der Waals surface area contributed by atoms with Crippen molar-refractivity contribution in [3.05, 3.63) is 88.6 Å². The Morgan fingerprint density at radius 2 is 1.41 bits per heavy atom. The van der Waals surface area contributed by atoms with Gasteiger partial charge in [0.1, 0.15) is 6.54 Å². The molecule has 32 heavy (non-hydrogen) atoms. The molecule has 162 valence electrons. The molecule has 0 atom stereocenters. The van der Waals surface area contributed by atoms with E-state index in [4.69, 9.17) is 4.74 Å². The van der Waals surface area contributed by atoms with Crippen molar-refractivity contribution in [2.24, 2.45) is 0 Å². The van der Waals surface area contributed by atoms with Gasteiger partial charge in [-0.05, 0) is 50.2 Å². The molecular weight excluding hydrogens is 404 g/mol. The van der Waals surface area contributed by atoms with Gasteiger partial charge in [0.05, 0.1) is 28.9 Å². The van der Waals surface area contributed by atoms with Crippen LogP contribution in [0.15, 0.2) is 77.6 Å². The fraction of sp³-hybridized carbons (Fsp3) is 0.192. The molecule has 0 aliphatic rings. The van der Waals surface area contributed by atoms with Crippen LogP contribution in [0.2, 0.25) is 0 Å². The second kappa shape index (κ2) is 9.06. The molecule has 3 aromatic carbocycles. The lowest BCUT2D eigenvalue weighted by molar-refractivity contribution is -0.119. The zero-order chi connectivity index (χ0) is 22.7. The van der Waals surface area contributed by atoms with E-state index in [1.807, 2.05) is 47.9 Å². The minimum Gasteiger partial charge on any atom is -0.462 e. The average molecular weight is 428 g/mol. The predicted octanol–water partition coefficient (Wildman–Crippen LogP) is 4.38. The van der Waals surface area contributed by atoms with E-state index in [0.29, 0.717) is 39.6 Å². The number of para-hydroxylation sites is 3. The van der Waals surface area contributed by atoms with Crippen molar-refractivity contribution in [1.29, 1.82) is 0 Å². The number of carbonyl (C=O) groups is 2. The molecule has 0 fully saturated rings. The number of amides is 1. The van der Waals surface area contributed by atoms with Crippen LogP contribution in [-0.2, 0) is 16.1 Å². The van der Waals surface area contributed by atoms with Crippen molar-refractivity contribution in [2.45, 2.75) is 20.4 Å². The number of carbonyl (C=O) groups excluding carboxylic acids is 2. The summed E-state index contributed by atoms with van der Waals surface area (Å²) in [5, 5.41) is 1.13. The van der Waals surface area contributed by atoms with Crippen LogP contribution in [0.1, 0.15) is 24.2 Å². The Balaban J connectivity index is 1.81. The van der Waals surface area contributed by atoms with Gasteiger partial charge in [0.25, 0.3) is 0 Å². The molecule has 0 spiro atoms. The topological polar surface area (TPSA) is 68.6 Å². The van der Waals surface area contributed by atoms with Crippen molar-refractivity contribution in [3.63, 3.8) is 0 Å². The monoisotopic (exact) mass is 428 g/mol. The number of aromatic nitrogens is 1. The van der Waals surface area contributed by atoms with Gasteiger partial charge in [0.2, 0.25) is 5.91 Å². The van der Waals surface area contributed by atoms with Crippen molar-refractivity contribution < 1.29 is 14.3 Å². The number of ether oxygens (including phenoxy) is 1. The van der Waals surface area contributed by atoms with E-state index in [9.17, 15) is 14.4 Å². The molecule has 0 aliphatic carbocycles.